The maximum Gasteiger partial charge on any atom is 0.409 e. The van der Waals surface area contributed by atoms with Gasteiger partial charge >= 0.3 is 12.1 Å². The summed E-state index contributed by atoms with van der Waals surface area (Å²) in [4.78, 5) is 32.4. The summed E-state index contributed by atoms with van der Waals surface area (Å²) in [6, 6.07) is 13.7. The third kappa shape index (κ3) is 14.5. The Hall–Kier alpha value is -3.13. The lowest BCUT2D eigenvalue weighted by Crippen LogP contribution is -2.37. The summed E-state index contributed by atoms with van der Waals surface area (Å²) in [6.45, 7) is 2.47. The summed E-state index contributed by atoms with van der Waals surface area (Å²) >= 11 is 4.64. The predicted octanol–water partition coefficient (Wildman–Crippen LogP) is 3.12. The lowest BCUT2D eigenvalue weighted by atomic mass is 10.1. The molecule has 2 aromatic rings. The maximum atomic E-state index is 11.7. The van der Waals surface area contributed by atoms with E-state index in [9.17, 15) is 14.4 Å². The summed E-state index contributed by atoms with van der Waals surface area (Å²) < 4.78 is 6.11. The van der Waals surface area contributed by atoms with Crippen LogP contribution in [0.2, 0.25) is 0 Å². The van der Waals surface area contributed by atoms with Gasteiger partial charge < -0.3 is 20.9 Å². The van der Waals surface area contributed by atoms with E-state index in [4.69, 9.17) is 10.8 Å². The first-order chi connectivity index (χ1) is 14.9. The van der Waals surface area contributed by atoms with Gasteiger partial charge in [0.05, 0.1) is 5.56 Å². The van der Waals surface area contributed by atoms with E-state index in [-0.39, 0.29) is 19.1 Å². The van der Waals surface area contributed by atoms with Crippen molar-refractivity contribution < 1.29 is 28.8 Å². The molecule has 0 fully saturated rings. The van der Waals surface area contributed by atoms with Gasteiger partial charge in [-0.3, -0.25) is 9.59 Å². The number of pyridine rings is 1. The van der Waals surface area contributed by atoms with Crippen molar-refractivity contribution in [3.63, 3.8) is 0 Å². The number of hydrogen-bond donors (Lipinski definition) is 3. The van der Waals surface area contributed by atoms with E-state index in [0.717, 1.165) is 0 Å². The number of aryl methyl sites for hydroxylation is 1. The quantitative estimate of drug-likeness (QED) is 0.306. The number of hydrogen-bond acceptors (Lipinski definition) is 4. The molecule has 170 valence electrons. The molecule has 2 rings (SSSR count). The van der Waals surface area contributed by atoms with E-state index in [2.05, 4.69) is 58.9 Å². The highest BCUT2D eigenvalue weighted by Crippen LogP contribution is 2.00. The summed E-state index contributed by atoms with van der Waals surface area (Å²) in [5.41, 5.74) is 6.70. The normalized spacial score (nSPS) is 9.26. The van der Waals surface area contributed by atoms with E-state index < -0.39 is 12.1 Å². The number of primary amides is 1. The van der Waals surface area contributed by atoms with Crippen LogP contribution in [0.1, 0.15) is 42.1 Å². The third-order valence-electron chi connectivity index (χ3n) is 3.74. The molecule has 1 heterocycles. The molecule has 31 heavy (non-hydrogen) atoms. The van der Waals surface area contributed by atoms with Crippen molar-refractivity contribution in [2.24, 2.45) is 5.73 Å². The number of nitrogens with one attached hydrogen (secondary N) is 1. The number of nitrogens with two attached hydrogens (primary N) is 1. The zero-order valence-electron chi connectivity index (χ0n) is 17.9. The Labute approximate surface area is 188 Å². The summed E-state index contributed by atoms with van der Waals surface area (Å²) in [6.07, 6.45) is 6.56. The van der Waals surface area contributed by atoms with Crippen molar-refractivity contribution in [3.8, 4) is 0 Å². The highest BCUT2D eigenvalue weighted by atomic mass is 35.5. The molecule has 4 N–H and O–H groups in total. The number of aliphatic carboxylic acids is 1. The maximum absolute atomic E-state index is 11.7. The summed E-state index contributed by atoms with van der Waals surface area (Å²) in [5, 5.41) is 11.1. The number of ether oxygens (including phenoxy) is 1. The van der Waals surface area contributed by atoms with Crippen LogP contribution < -0.4 is 15.6 Å². The summed E-state index contributed by atoms with van der Waals surface area (Å²) in [7, 11) is 0. The van der Waals surface area contributed by atoms with Crippen molar-refractivity contribution in [1.82, 2.24) is 5.32 Å². The number of rotatable bonds is 9. The lowest BCUT2D eigenvalue weighted by molar-refractivity contribution is -0.727. The molecule has 0 unspecified atom stereocenters. The zero-order chi connectivity index (χ0) is 23.5. The fourth-order valence-corrected chi connectivity index (χ4v) is 2.31. The molecule has 8 nitrogen and oxygen atoms in total. The molecule has 0 spiro atoms. The van der Waals surface area contributed by atoms with Gasteiger partial charge in [0.2, 0.25) is 0 Å². The molecule has 0 saturated carbocycles. The second kappa shape index (κ2) is 17.7. The van der Waals surface area contributed by atoms with Crippen LogP contribution in [-0.4, -0.2) is 36.0 Å². The first-order valence-electron chi connectivity index (χ1n) is 9.75. The number of alkyl halides is 1. The standard InChI is InChI=1S/C12H15N3O5.C9H12.CH3Cl/c13-12(19)20-8-15-6-3-9(4-7-15)11(18)14-5-1-2-10(16)17;1-2-6-9-7-4-3-5-8-9;1-2/h3-4,6-7H,1-2,5,8H2,(H3-,13,14,16,17,18,19);3-5,7-8H,2,6H2,1H3;1H3/p+1. The van der Waals surface area contributed by atoms with E-state index >= 15 is 0 Å². The average molecular weight is 453 g/mol. The number of carbonyl (C=O) groups excluding carboxylic acids is 2. The van der Waals surface area contributed by atoms with Crippen LogP contribution in [0.4, 0.5) is 4.79 Å². The van der Waals surface area contributed by atoms with Gasteiger partial charge in [-0.25, -0.2) is 4.79 Å². The Balaban J connectivity index is 0.000000679. The first-order valence-corrected chi connectivity index (χ1v) is 10.5. The summed E-state index contributed by atoms with van der Waals surface area (Å²) in [5.74, 6) is -1.19. The topological polar surface area (TPSA) is 123 Å². The van der Waals surface area contributed by atoms with Gasteiger partial charge in [0.25, 0.3) is 12.6 Å². The highest BCUT2D eigenvalue weighted by Gasteiger charge is 2.09. The Morgan fingerprint density at radius 2 is 1.71 bits per heavy atom. The molecule has 0 atom stereocenters. The molecular formula is C22H31ClN3O5+. The molecule has 2 amide bonds. The van der Waals surface area contributed by atoms with Crippen LogP contribution in [0.5, 0.6) is 0 Å². The van der Waals surface area contributed by atoms with E-state index in [1.807, 2.05) is 0 Å². The number of amides is 2. The Morgan fingerprint density at radius 3 is 2.23 bits per heavy atom. The van der Waals surface area contributed by atoms with Crippen LogP contribution in [0.15, 0.2) is 54.9 Å². The zero-order valence-corrected chi connectivity index (χ0v) is 18.7. The van der Waals surface area contributed by atoms with Crippen LogP contribution in [0.3, 0.4) is 0 Å². The van der Waals surface area contributed by atoms with Crippen LogP contribution >= 0.6 is 11.6 Å². The van der Waals surface area contributed by atoms with Gasteiger partial charge in [-0.2, -0.15) is 4.57 Å². The molecule has 1 aromatic carbocycles. The molecule has 0 bridgehead atoms. The molecule has 9 heteroatoms. The first kappa shape index (κ1) is 27.9. The average Bonchev–Trinajstić information content (AvgIpc) is 2.78. The Bertz CT molecular complexity index is 770. The van der Waals surface area contributed by atoms with E-state index in [1.54, 1.807) is 24.5 Å². The molecule has 1 aromatic heterocycles. The number of halogens is 1. The molecule has 0 aliphatic heterocycles. The molecule has 0 aliphatic rings. The highest BCUT2D eigenvalue weighted by molar-refractivity contribution is 6.15. The van der Waals surface area contributed by atoms with Crippen molar-refractivity contribution in [2.75, 3.05) is 12.9 Å². The number of carboxylic acids is 1. The molecule has 0 radical (unpaired) electrons. The van der Waals surface area contributed by atoms with Crippen molar-refractivity contribution >= 4 is 29.6 Å². The smallest absolute Gasteiger partial charge is 0.409 e. The number of aromatic nitrogens is 1. The van der Waals surface area contributed by atoms with Gasteiger partial charge in [-0.1, -0.05) is 43.7 Å². The number of nitrogens with zero attached hydrogens (tertiary/aromatic N) is 1. The largest absolute Gasteiger partial charge is 0.481 e. The fourth-order valence-electron chi connectivity index (χ4n) is 2.31. The minimum Gasteiger partial charge on any atom is -0.481 e. The van der Waals surface area contributed by atoms with Gasteiger partial charge in [0.1, 0.15) is 0 Å². The molecule has 0 aliphatic carbocycles. The molecule has 0 saturated heterocycles. The number of carboxylic acid groups (broad SMARTS) is 1. The molecular weight excluding hydrogens is 422 g/mol. The van der Waals surface area contributed by atoms with Crippen molar-refractivity contribution in [1.29, 1.82) is 0 Å². The SMILES string of the molecule is CCCc1ccccc1.CCl.NC(=O)OC[n+]1ccc(C(=O)NCCCC(=O)O)cc1. The second-order valence-corrected chi connectivity index (χ2v) is 6.18. The van der Waals surface area contributed by atoms with E-state index in [0.29, 0.717) is 18.5 Å². The minimum absolute atomic E-state index is 0.0134. The van der Waals surface area contributed by atoms with Gasteiger partial charge in [-0.15, -0.1) is 11.6 Å². The second-order valence-electron chi connectivity index (χ2n) is 6.18. The monoisotopic (exact) mass is 452 g/mol. The van der Waals surface area contributed by atoms with Gasteiger partial charge in [-0.05, 0) is 18.4 Å². The number of carbonyl (C=O) groups is 3. The fraction of sp³-hybridized carbons (Fsp3) is 0.364. The van der Waals surface area contributed by atoms with Crippen molar-refractivity contribution in [2.45, 2.75) is 39.3 Å². The lowest BCUT2D eigenvalue weighted by Gasteiger charge is -2.03. The van der Waals surface area contributed by atoms with Crippen LogP contribution in [0, 0.1) is 0 Å². The number of benzene rings is 1. The van der Waals surface area contributed by atoms with E-state index in [1.165, 1.54) is 29.4 Å². The Kier molecular flexibility index (Phi) is 15.9. The third-order valence-corrected chi connectivity index (χ3v) is 3.74. The van der Waals surface area contributed by atoms with Gasteiger partial charge in [0.15, 0.2) is 12.4 Å². The Morgan fingerprint density at radius 1 is 1.10 bits per heavy atom. The van der Waals surface area contributed by atoms with Gasteiger partial charge in [0, 0.05) is 31.5 Å². The predicted molar refractivity (Wildman–Crippen MR) is 119 cm³/mol. The minimum atomic E-state index is -0.894. The van der Waals surface area contributed by atoms with Crippen LogP contribution in [0.25, 0.3) is 0 Å². The van der Waals surface area contributed by atoms with Crippen molar-refractivity contribution in [3.05, 3.63) is 66.0 Å². The van der Waals surface area contributed by atoms with Crippen LogP contribution in [-0.2, 0) is 22.7 Å².